The van der Waals surface area contributed by atoms with Crippen molar-refractivity contribution in [2.24, 2.45) is 11.8 Å². The van der Waals surface area contributed by atoms with Crippen molar-refractivity contribution in [1.82, 2.24) is 14.9 Å². The molecule has 1 saturated heterocycles. The molecule has 7 heteroatoms. The monoisotopic (exact) mass is 337 g/mol. The molecule has 1 aliphatic rings. The third kappa shape index (κ3) is 4.56. The highest BCUT2D eigenvalue weighted by Gasteiger charge is 2.28. The Hall–Kier alpha value is -1.89. The molecule has 134 valence electrons. The number of aliphatic hydroxyl groups is 1. The number of amides is 1. The average Bonchev–Trinajstić information content (AvgIpc) is 2.50. The van der Waals surface area contributed by atoms with Crippen molar-refractivity contribution >= 4 is 5.91 Å². The summed E-state index contributed by atoms with van der Waals surface area (Å²) in [6.07, 6.45) is 2.01. The molecule has 0 spiro atoms. The lowest BCUT2D eigenvalue weighted by atomic mass is 9.87. The Morgan fingerprint density at radius 1 is 1.25 bits per heavy atom. The first-order valence-electron chi connectivity index (χ1n) is 8.55. The zero-order valence-corrected chi connectivity index (χ0v) is 14.6. The summed E-state index contributed by atoms with van der Waals surface area (Å²) < 4.78 is 0. The number of aromatic amines is 2. The summed E-state index contributed by atoms with van der Waals surface area (Å²) in [6, 6.07) is 0. The molecule has 0 aliphatic carbocycles. The number of rotatable bonds is 5. The number of nitrogens with one attached hydrogen (secondary N) is 2. The molecule has 3 N–H and O–H groups in total. The van der Waals surface area contributed by atoms with E-state index in [2.05, 4.69) is 23.8 Å². The quantitative estimate of drug-likeness (QED) is 0.730. The number of carbonyl (C=O) groups is 1. The van der Waals surface area contributed by atoms with Gasteiger partial charge in [-0.25, -0.2) is 4.79 Å². The van der Waals surface area contributed by atoms with Gasteiger partial charge >= 0.3 is 5.69 Å². The Labute approximate surface area is 141 Å². The molecule has 0 aromatic carbocycles. The Kier molecular flexibility index (Phi) is 5.99. The van der Waals surface area contributed by atoms with E-state index in [0.29, 0.717) is 30.3 Å². The highest BCUT2D eigenvalue weighted by Crippen LogP contribution is 2.24. The fraction of sp³-hybridized carbons (Fsp3) is 0.706. The molecule has 7 nitrogen and oxygen atoms in total. The second kappa shape index (κ2) is 7.79. The maximum atomic E-state index is 12.4. The molecule has 0 radical (unpaired) electrons. The van der Waals surface area contributed by atoms with Crippen LogP contribution in [0.3, 0.4) is 0 Å². The molecule has 1 aromatic heterocycles. The lowest BCUT2D eigenvalue weighted by Gasteiger charge is -2.34. The highest BCUT2D eigenvalue weighted by molar-refractivity contribution is 5.79. The first kappa shape index (κ1) is 18.4. The van der Waals surface area contributed by atoms with Gasteiger partial charge in [-0.1, -0.05) is 13.8 Å². The predicted octanol–water partition coefficient (Wildman–Crippen LogP) is 0.560. The van der Waals surface area contributed by atoms with Gasteiger partial charge in [0.25, 0.3) is 5.56 Å². The maximum Gasteiger partial charge on any atom is 0.325 e. The summed E-state index contributed by atoms with van der Waals surface area (Å²) in [5.74, 6) is 0.566. The van der Waals surface area contributed by atoms with Crippen molar-refractivity contribution in [1.29, 1.82) is 0 Å². The van der Waals surface area contributed by atoms with Crippen LogP contribution in [0.15, 0.2) is 9.59 Å². The largest absolute Gasteiger partial charge is 0.393 e. The number of likely N-dealkylation sites (tertiary alicyclic amines) is 1. The molecule has 24 heavy (non-hydrogen) atoms. The first-order valence-corrected chi connectivity index (χ1v) is 8.55. The fourth-order valence-corrected chi connectivity index (χ4v) is 3.31. The lowest BCUT2D eigenvalue weighted by molar-refractivity contribution is -0.132. The van der Waals surface area contributed by atoms with Gasteiger partial charge in [-0.2, -0.15) is 0 Å². The number of piperidine rings is 1. The van der Waals surface area contributed by atoms with Gasteiger partial charge in [-0.15, -0.1) is 0 Å². The van der Waals surface area contributed by atoms with Gasteiger partial charge < -0.3 is 15.0 Å². The van der Waals surface area contributed by atoms with Gasteiger partial charge in [0.15, 0.2) is 0 Å². The zero-order chi connectivity index (χ0) is 17.9. The van der Waals surface area contributed by atoms with Crippen molar-refractivity contribution < 1.29 is 9.90 Å². The normalized spacial score (nSPS) is 17.3. The van der Waals surface area contributed by atoms with E-state index in [9.17, 15) is 19.5 Å². The van der Waals surface area contributed by atoms with Crippen LogP contribution in [0.25, 0.3) is 0 Å². The van der Waals surface area contributed by atoms with Gasteiger partial charge in [0.1, 0.15) is 0 Å². The van der Waals surface area contributed by atoms with Crippen LogP contribution in [0.1, 0.15) is 44.4 Å². The molecule has 0 saturated carbocycles. The van der Waals surface area contributed by atoms with Crippen LogP contribution in [0, 0.1) is 18.8 Å². The summed E-state index contributed by atoms with van der Waals surface area (Å²) in [6.45, 7) is 6.99. The van der Waals surface area contributed by atoms with Crippen LogP contribution >= 0.6 is 0 Å². The van der Waals surface area contributed by atoms with Gasteiger partial charge in [0.2, 0.25) is 5.91 Å². The Bertz CT molecular complexity index is 684. The van der Waals surface area contributed by atoms with Gasteiger partial charge in [-0.3, -0.25) is 14.6 Å². The molecule has 1 unspecified atom stereocenters. The summed E-state index contributed by atoms with van der Waals surface area (Å²) in [7, 11) is 0. The highest BCUT2D eigenvalue weighted by atomic mass is 16.3. The predicted molar refractivity (Wildman–Crippen MR) is 90.9 cm³/mol. The van der Waals surface area contributed by atoms with Crippen molar-refractivity contribution in [3.05, 3.63) is 32.1 Å². The number of H-pyrrole nitrogens is 2. The summed E-state index contributed by atoms with van der Waals surface area (Å²) in [5.41, 5.74) is -0.332. The van der Waals surface area contributed by atoms with Crippen LogP contribution in [0.4, 0.5) is 0 Å². The summed E-state index contributed by atoms with van der Waals surface area (Å²) in [5, 5.41) is 10.2. The molecule has 2 heterocycles. The molecule has 1 fully saturated rings. The van der Waals surface area contributed by atoms with Crippen LogP contribution in [-0.2, 0) is 11.2 Å². The van der Waals surface area contributed by atoms with Crippen LogP contribution in [0.5, 0.6) is 0 Å². The standard InChI is InChI=1S/C17H27N3O4/c1-10(2)8-14(21)12-4-6-20(7-5-12)15(22)9-13-11(3)18-17(24)19-16(13)23/h10,12,14,21H,4-9H2,1-3H3,(H2,18,19,23,24). The van der Waals surface area contributed by atoms with E-state index in [1.165, 1.54) is 0 Å². The van der Waals surface area contributed by atoms with E-state index in [-0.39, 0.29) is 24.3 Å². The number of carbonyl (C=O) groups excluding carboxylic acids is 1. The molecule has 2 rings (SSSR count). The van der Waals surface area contributed by atoms with Crippen LogP contribution in [-0.4, -0.2) is 45.1 Å². The van der Waals surface area contributed by atoms with E-state index >= 15 is 0 Å². The maximum absolute atomic E-state index is 12.4. The van der Waals surface area contributed by atoms with Crippen LogP contribution < -0.4 is 11.2 Å². The van der Waals surface area contributed by atoms with E-state index in [4.69, 9.17) is 0 Å². The molecule has 0 bridgehead atoms. The van der Waals surface area contributed by atoms with Crippen molar-refractivity contribution in [3.63, 3.8) is 0 Å². The van der Waals surface area contributed by atoms with Gasteiger partial charge in [-0.05, 0) is 38.0 Å². The minimum absolute atomic E-state index is 0.0167. The Morgan fingerprint density at radius 2 is 1.88 bits per heavy atom. The second-order valence-electron chi connectivity index (χ2n) is 7.10. The third-order valence-electron chi connectivity index (χ3n) is 4.73. The van der Waals surface area contributed by atoms with E-state index in [1.54, 1.807) is 11.8 Å². The van der Waals surface area contributed by atoms with E-state index in [0.717, 1.165) is 19.3 Å². The number of hydrogen-bond donors (Lipinski definition) is 3. The minimum Gasteiger partial charge on any atom is -0.393 e. The molecule has 1 amide bonds. The molecule has 1 aliphatic heterocycles. The third-order valence-corrected chi connectivity index (χ3v) is 4.73. The average molecular weight is 337 g/mol. The number of aromatic nitrogens is 2. The number of aliphatic hydroxyl groups excluding tert-OH is 1. The summed E-state index contributed by atoms with van der Waals surface area (Å²) in [4.78, 5) is 41.9. The van der Waals surface area contributed by atoms with Crippen molar-refractivity contribution in [2.75, 3.05) is 13.1 Å². The number of hydrogen-bond acceptors (Lipinski definition) is 4. The molecule has 1 aromatic rings. The van der Waals surface area contributed by atoms with Gasteiger partial charge in [0, 0.05) is 24.3 Å². The molecular weight excluding hydrogens is 310 g/mol. The van der Waals surface area contributed by atoms with Crippen molar-refractivity contribution in [3.8, 4) is 0 Å². The lowest BCUT2D eigenvalue weighted by Crippen LogP contribution is -2.43. The molecular formula is C17H27N3O4. The van der Waals surface area contributed by atoms with E-state index in [1.807, 2.05) is 0 Å². The zero-order valence-electron chi connectivity index (χ0n) is 14.6. The fourth-order valence-electron chi connectivity index (χ4n) is 3.31. The first-order chi connectivity index (χ1) is 11.3. The van der Waals surface area contributed by atoms with Crippen molar-refractivity contribution in [2.45, 2.75) is 52.6 Å². The second-order valence-corrected chi connectivity index (χ2v) is 7.10. The van der Waals surface area contributed by atoms with Gasteiger partial charge in [0.05, 0.1) is 12.5 Å². The summed E-state index contributed by atoms with van der Waals surface area (Å²) >= 11 is 0. The minimum atomic E-state index is -0.561. The topological polar surface area (TPSA) is 106 Å². The van der Waals surface area contributed by atoms with Crippen LogP contribution in [0.2, 0.25) is 0 Å². The molecule has 1 atom stereocenters. The SMILES string of the molecule is Cc1[nH]c(=O)[nH]c(=O)c1CC(=O)N1CCC(C(O)CC(C)C)CC1. The number of nitrogens with zero attached hydrogens (tertiary/aromatic N) is 1. The Morgan fingerprint density at radius 3 is 2.42 bits per heavy atom. The van der Waals surface area contributed by atoms with E-state index < -0.39 is 11.2 Å². The number of aryl methyl sites for hydroxylation is 1. The Balaban J connectivity index is 1.94. The smallest absolute Gasteiger partial charge is 0.325 e.